The molecule has 1 aromatic rings. The summed E-state index contributed by atoms with van der Waals surface area (Å²) in [5.74, 6) is 0. The number of hydrogen-bond acceptors (Lipinski definition) is 2. The van der Waals surface area contributed by atoms with Crippen LogP contribution in [0.15, 0.2) is 37.2 Å². The van der Waals surface area contributed by atoms with E-state index in [0.29, 0.717) is 6.04 Å². The van der Waals surface area contributed by atoms with Crippen LogP contribution >= 0.6 is 0 Å². The van der Waals surface area contributed by atoms with Crippen molar-refractivity contribution in [1.29, 1.82) is 0 Å². The predicted octanol–water partition coefficient (Wildman–Crippen LogP) is 2.57. The Hall–Kier alpha value is -1.15. The van der Waals surface area contributed by atoms with E-state index in [1.165, 1.54) is 12.0 Å². The summed E-state index contributed by atoms with van der Waals surface area (Å²) >= 11 is 0. The van der Waals surface area contributed by atoms with Crippen LogP contribution < -0.4 is 5.32 Å². The van der Waals surface area contributed by atoms with E-state index in [1.807, 2.05) is 18.5 Å². The van der Waals surface area contributed by atoms with Crippen LogP contribution in [0.1, 0.15) is 25.3 Å². The number of nitrogens with zero attached hydrogens (tertiary/aromatic N) is 1. The molecule has 1 heterocycles. The average Bonchev–Trinajstić information content (AvgIpc) is 2.28. The van der Waals surface area contributed by atoms with E-state index in [0.717, 1.165) is 19.4 Å². The third kappa shape index (κ3) is 5.33. The lowest BCUT2D eigenvalue weighted by molar-refractivity contribution is 0.521. The molecule has 0 fully saturated rings. The first-order valence-corrected chi connectivity index (χ1v) is 5.56. The lowest BCUT2D eigenvalue weighted by atomic mass is 10.1. The van der Waals surface area contributed by atoms with Crippen molar-refractivity contribution in [1.82, 2.24) is 10.3 Å². The van der Waals surface area contributed by atoms with E-state index in [1.54, 1.807) is 0 Å². The van der Waals surface area contributed by atoms with Crippen molar-refractivity contribution in [2.75, 3.05) is 6.54 Å². The van der Waals surface area contributed by atoms with Crippen molar-refractivity contribution < 1.29 is 0 Å². The lowest BCUT2D eigenvalue weighted by Crippen LogP contribution is -2.27. The van der Waals surface area contributed by atoms with Crippen LogP contribution in [0.3, 0.4) is 0 Å². The monoisotopic (exact) mass is 204 g/mol. The fourth-order valence-electron chi connectivity index (χ4n) is 1.48. The van der Waals surface area contributed by atoms with Crippen LogP contribution in [-0.2, 0) is 6.42 Å². The molecule has 0 spiro atoms. The van der Waals surface area contributed by atoms with Gasteiger partial charge in [0.15, 0.2) is 0 Å². The van der Waals surface area contributed by atoms with Gasteiger partial charge in [0.05, 0.1) is 0 Å². The van der Waals surface area contributed by atoms with Crippen LogP contribution in [0.4, 0.5) is 0 Å². The van der Waals surface area contributed by atoms with Gasteiger partial charge in [-0.25, -0.2) is 0 Å². The van der Waals surface area contributed by atoms with Gasteiger partial charge in [-0.3, -0.25) is 4.98 Å². The summed E-state index contributed by atoms with van der Waals surface area (Å²) < 4.78 is 0. The molecule has 0 radical (unpaired) electrons. The molecule has 0 aliphatic heterocycles. The molecular formula is C13H20N2. The van der Waals surface area contributed by atoms with E-state index < -0.39 is 0 Å². The van der Waals surface area contributed by atoms with Crippen LogP contribution in [-0.4, -0.2) is 17.6 Å². The Labute approximate surface area is 92.4 Å². The van der Waals surface area contributed by atoms with Crippen LogP contribution in [0.5, 0.6) is 0 Å². The molecule has 1 unspecified atom stereocenters. The smallest absolute Gasteiger partial charge is 0.0270 e. The average molecular weight is 204 g/mol. The molecule has 0 aliphatic carbocycles. The van der Waals surface area contributed by atoms with Gasteiger partial charge >= 0.3 is 0 Å². The molecule has 15 heavy (non-hydrogen) atoms. The van der Waals surface area contributed by atoms with Gasteiger partial charge in [-0.05, 0) is 50.4 Å². The van der Waals surface area contributed by atoms with Crippen molar-refractivity contribution in [2.45, 2.75) is 32.2 Å². The molecule has 1 N–H and O–H groups in total. The molecule has 1 rings (SSSR count). The molecule has 0 aliphatic rings. The summed E-state index contributed by atoms with van der Waals surface area (Å²) in [5, 5.41) is 3.50. The van der Waals surface area contributed by atoms with E-state index in [4.69, 9.17) is 0 Å². The summed E-state index contributed by atoms with van der Waals surface area (Å²) in [6.45, 7) is 6.97. The molecule has 0 bridgehead atoms. The predicted molar refractivity (Wildman–Crippen MR) is 64.8 cm³/mol. The van der Waals surface area contributed by atoms with Gasteiger partial charge in [0.1, 0.15) is 0 Å². The first kappa shape index (κ1) is 11.9. The molecule has 1 aromatic heterocycles. The van der Waals surface area contributed by atoms with Crippen molar-refractivity contribution in [3.8, 4) is 0 Å². The van der Waals surface area contributed by atoms with Crippen molar-refractivity contribution in [3.05, 3.63) is 42.7 Å². The van der Waals surface area contributed by atoms with E-state index in [-0.39, 0.29) is 0 Å². The maximum Gasteiger partial charge on any atom is 0.0270 e. The van der Waals surface area contributed by atoms with Crippen molar-refractivity contribution in [2.24, 2.45) is 0 Å². The normalized spacial score (nSPS) is 12.3. The van der Waals surface area contributed by atoms with Gasteiger partial charge in [0.25, 0.3) is 0 Å². The molecule has 0 saturated heterocycles. The third-order valence-electron chi connectivity index (χ3n) is 2.46. The number of hydrogen-bond donors (Lipinski definition) is 1. The fraction of sp³-hybridized carbons (Fsp3) is 0.462. The zero-order valence-corrected chi connectivity index (χ0v) is 9.45. The number of nitrogens with one attached hydrogen (secondary N) is 1. The summed E-state index contributed by atoms with van der Waals surface area (Å²) in [7, 11) is 0. The maximum absolute atomic E-state index is 4.00. The van der Waals surface area contributed by atoms with Crippen molar-refractivity contribution >= 4 is 0 Å². The van der Waals surface area contributed by atoms with Crippen molar-refractivity contribution in [3.63, 3.8) is 0 Å². The molecule has 2 heteroatoms. The Morgan fingerprint density at radius 2 is 2.20 bits per heavy atom. The van der Waals surface area contributed by atoms with E-state index >= 15 is 0 Å². The van der Waals surface area contributed by atoms with Gasteiger partial charge < -0.3 is 5.32 Å². The van der Waals surface area contributed by atoms with Gasteiger partial charge in [-0.1, -0.05) is 6.08 Å². The molecular weight excluding hydrogens is 184 g/mol. The molecule has 2 nitrogen and oxygen atoms in total. The highest BCUT2D eigenvalue weighted by Crippen LogP contribution is 1.99. The zero-order chi connectivity index (χ0) is 10.9. The fourth-order valence-corrected chi connectivity index (χ4v) is 1.48. The van der Waals surface area contributed by atoms with Gasteiger partial charge in [0, 0.05) is 18.4 Å². The summed E-state index contributed by atoms with van der Waals surface area (Å²) in [6.07, 6.45) is 8.98. The standard InChI is InChI=1S/C13H20N2/c1-3-4-5-12(2)15-11-8-13-6-9-14-10-7-13/h3,6-7,9-10,12,15H,1,4-5,8,11H2,2H3. The Bertz CT molecular complexity index is 269. The van der Waals surface area contributed by atoms with E-state index in [9.17, 15) is 0 Å². The van der Waals surface area contributed by atoms with Gasteiger partial charge in [0.2, 0.25) is 0 Å². The minimum atomic E-state index is 0.574. The number of allylic oxidation sites excluding steroid dienone is 1. The first-order valence-electron chi connectivity index (χ1n) is 5.56. The topological polar surface area (TPSA) is 24.9 Å². The quantitative estimate of drug-likeness (QED) is 0.690. The highest BCUT2D eigenvalue weighted by molar-refractivity contribution is 5.09. The van der Waals surface area contributed by atoms with Gasteiger partial charge in [-0.2, -0.15) is 0 Å². The highest BCUT2D eigenvalue weighted by atomic mass is 14.9. The maximum atomic E-state index is 4.00. The van der Waals surface area contributed by atoms with Crippen LogP contribution in [0.2, 0.25) is 0 Å². The summed E-state index contributed by atoms with van der Waals surface area (Å²) in [4.78, 5) is 4.00. The molecule has 0 saturated carbocycles. The Morgan fingerprint density at radius 1 is 1.47 bits per heavy atom. The number of aromatic nitrogens is 1. The highest BCUT2D eigenvalue weighted by Gasteiger charge is 1.99. The van der Waals surface area contributed by atoms with E-state index in [2.05, 4.69) is 35.9 Å². The zero-order valence-electron chi connectivity index (χ0n) is 9.45. The molecule has 0 amide bonds. The Balaban J connectivity index is 2.13. The second-order valence-electron chi connectivity index (χ2n) is 3.83. The van der Waals surface area contributed by atoms with Gasteiger partial charge in [-0.15, -0.1) is 6.58 Å². The summed E-state index contributed by atoms with van der Waals surface area (Å²) in [6, 6.07) is 4.71. The number of rotatable bonds is 7. The lowest BCUT2D eigenvalue weighted by Gasteiger charge is -2.12. The molecule has 82 valence electrons. The summed E-state index contributed by atoms with van der Waals surface area (Å²) in [5.41, 5.74) is 1.34. The number of pyridine rings is 1. The second kappa shape index (κ2) is 7.18. The largest absolute Gasteiger partial charge is 0.314 e. The second-order valence-corrected chi connectivity index (χ2v) is 3.83. The Morgan fingerprint density at radius 3 is 2.87 bits per heavy atom. The third-order valence-corrected chi connectivity index (χ3v) is 2.46. The minimum Gasteiger partial charge on any atom is -0.314 e. The van der Waals surface area contributed by atoms with Crippen LogP contribution in [0.25, 0.3) is 0 Å². The minimum absolute atomic E-state index is 0.574. The Kier molecular flexibility index (Phi) is 5.71. The molecule has 0 aromatic carbocycles. The molecule has 1 atom stereocenters. The SMILES string of the molecule is C=CCCC(C)NCCc1ccncc1. The van der Waals surface area contributed by atoms with Crippen LogP contribution in [0, 0.1) is 0 Å². The first-order chi connectivity index (χ1) is 7.33.